The van der Waals surface area contributed by atoms with Crippen molar-refractivity contribution in [1.29, 1.82) is 0 Å². The number of phosphoric acid groups is 3. The van der Waals surface area contributed by atoms with E-state index in [0.717, 1.165) is 35.2 Å². The number of aromatic nitrogens is 5. The Morgan fingerprint density at radius 3 is 2.47 bits per heavy atom. The van der Waals surface area contributed by atoms with E-state index in [-0.39, 0.29) is 53.8 Å². The predicted octanol–water partition coefficient (Wildman–Crippen LogP) is -0.558. The molecule has 4 rings (SSSR count). The summed E-state index contributed by atoms with van der Waals surface area (Å²) in [4.78, 5) is 91.3. The van der Waals surface area contributed by atoms with E-state index in [9.17, 15) is 62.3 Å². The van der Waals surface area contributed by atoms with Crippen molar-refractivity contribution in [3.05, 3.63) is 42.5 Å². The van der Waals surface area contributed by atoms with Gasteiger partial charge in [0.05, 0.1) is 25.7 Å². The van der Waals surface area contributed by atoms with E-state index in [1.54, 1.807) is 0 Å². The van der Waals surface area contributed by atoms with E-state index < -0.39 is 90.4 Å². The fourth-order valence-corrected chi connectivity index (χ4v) is 8.59. The second-order valence-corrected chi connectivity index (χ2v) is 18.4. The number of imidazole rings is 1. The highest BCUT2D eigenvalue weighted by Gasteiger charge is 2.50. The van der Waals surface area contributed by atoms with Crippen molar-refractivity contribution in [3.8, 4) is 0 Å². The maximum Gasteiger partial charge on any atom is 0.481 e. The number of phosphoric ester groups is 3. The zero-order chi connectivity index (χ0) is 43.1. The van der Waals surface area contributed by atoms with Gasteiger partial charge in [0.1, 0.15) is 42.1 Å². The molecule has 322 valence electrons. The van der Waals surface area contributed by atoms with Crippen LogP contribution in [0.1, 0.15) is 32.1 Å². The van der Waals surface area contributed by atoms with Crippen molar-refractivity contribution in [1.82, 2.24) is 35.1 Å². The smallest absolute Gasteiger partial charge is 0.386 e. The lowest BCUT2D eigenvalue weighted by atomic mass is 9.87. The normalized spacial score (nSPS) is 21.3. The van der Waals surface area contributed by atoms with Gasteiger partial charge in [-0.25, -0.2) is 33.0 Å². The van der Waals surface area contributed by atoms with E-state index in [1.807, 2.05) is 0 Å². The van der Waals surface area contributed by atoms with Crippen molar-refractivity contribution >= 4 is 69.1 Å². The number of pyridine rings is 1. The maximum atomic E-state index is 13.2. The summed E-state index contributed by atoms with van der Waals surface area (Å²) in [5, 5.41) is 26.0. The van der Waals surface area contributed by atoms with Crippen LogP contribution >= 0.6 is 35.2 Å². The summed E-state index contributed by atoms with van der Waals surface area (Å²) in [6, 6.07) is 1.19. The fraction of sp³-hybridized carbons (Fsp3) is 0.536. The van der Waals surface area contributed by atoms with Crippen LogP contribution in [-0.4, -0.2) is 128 Å². The lowest BCUT2D eigenvalue weighted by Gasteiger charge is -2.30. The van der Waals surface area contributed by atoms with Gasteiger partial charge < -0.3 is 50.9 Å². The standard InChI is InChI=1S/C28H40FN8O17P3S/c1-28(2,23(41)26(42)33-4-3-18(38)32-5-6-58-19(39)8-15-7-16(29)10-31-9-15)12-51-57(48,49)54-56(46,47)50-11-17-22(53-55(43,44)45)21(40)27(52-17)37-14-36-20-24(30)34-13-35-25(20)37/h7,9-10,13-14,17,21-23,27,40-41H,3-6,8,11-12H2,1-2H3,(H,32,38)(H,33,42)(H,46,47)(H,48,49)(H2,30,34,35)(H2,43,44,45)/t17-,21-,22-,23?,27-/m1/s1. The maximum absolute atomic E-state index is 13.2. The Bertz CT molecular complexity index is 2100. The molecule has 25 nitrogen and oxygen atoms in total. The summed E-state index contributed by atoms with van der Waals surface area (Å²) >= 11 is 0.921. The third-order valence-corrected chi connectivity index (χ3v) is 11.8. The average Bonchev–Trinajstić information content (AvgIpc) is 3.68. The first-order chi connectivity index (χ1) is 27.0. The number of nitrogen functional groups attached to an aromatic ring is 1. The van der Waals surface area contributed by atoms with Gasteiger partial charge >= 0.3 is 23.5 Å². The van der Waals surface area contributed by atoms with Gasteiger partial charge in [-0.3, -0.25) is 37.5 Å². The summed E-state index contributed by atoms with van der Waals surface area (Å²) in [7, 11) is -16.4. The molecule has 1 fully saturated rings. The number of halogens is 1. The Morgan fingerprint density at radius 2 is 1.78 bits per heavy atom. The topological polar surface area (TPSA) is 377 Å². The van der Waals surface area contributed by atoms with Crippen LogP contribution < -0.4 is 16.4 Å². The SMILES string of the molecule is CC(C)(COP(=O)(O)OP(=O)(O)OC[C@H]1O[C@@H](n2cnc3c(N)ncnc32)[C@H](O)[C@@H]1OP(=O)(O)O)C(O)C(=O)NCCC(=O)NCCSC(=O)Cc1cncc(F)c1. The van der Waals surface area contributed by atoms with Gasteiger partial charge in [-0.15, -0.1) is 0 Å². The highest BCUT2D eigenvalue weighted by Crippen LogP contribution is 2.61. The number of ether oxygens (including phenoxy) is 1. The van der Waals surface area contributed by atoms with Crippen LogP contribution in [0.15, 0.2) is 31.1 Å². The van der Waals surface area contributed by atoms with Crippen molar-refractivity contribution in [2.24, 2.45) is 5.41 Å². The van der Waals surface area contributed by atoms with Gasteiger partial charge in [0.2, 0.25) is 11.8 Å². The molecule has 0 aliphatic carbocycles. The quantitative estimate of drug-likeness (QED) is 0.0478. The highest BCUT2D eigenvalue weighted by atomic mass is 32.2. The number of nitrogens with zero attached hydrogens (tertiary/aromatic N) is 5. The molecule has 7 atom stereocenters. The number of amides is 2. The Labute approximate surface area is 331 Å². The lowest BCUT2D eigenvalue weighted by Crippen LogP contribution is -2.46. The van der Waals surface area contributed by atoms with Gasteiger partial charge in [-0.05, 0) is 11.6 Å². The molecule has 1 saturated heterocycles. The number of carbonyl (C=O) groups excluding carboxylic acids is 3. The van der Waals surface area contributed by atoms with Crippen molar-refractivity contribution in [2.45, 2.75) is 57.3 Å². The summed E-state index contributed by atoms with van der Waals surface area (Å²) in [6.45, 7) is 0.264. The molecule has 10 N–H and O–H groups in total. The molecule has 4 heterocycles. The summed E-state index contributed by atoms with van der Waals surface area (Å²) in [5.74, 6) is -1.92. The molecule has 0 spiro atoms. The van der Waals surface area contributed by atoms with Gasteiger partial charge in [0, 0.05) is 43.3 Å². The van der Waals surface area contributed by atoms with E-state index in [4.69, 9.17) is 19.5 Å². The number of anilines is 1. The first-order valence-corrected chi connectivity index (χ1v) is 22.1. The van der Waals surface area contributed by atoms with E-state index in [2.05, 4.69) is 39.4 Å². The summed E-state index contributed by atoms with van der Waals surface area (Å²) in [6.07, 6.45) is -4.74. The predicted molar refractivity (Wildman–Crippen MR) is 195 cm³/mol. The minimum absolute atomic E-state index is 0.0212. The van der Waals surface area contributed by atoms with Crippen LogP contribution in [0.3, 0.4) is 0 Å². The number of thioether (sulfide) groups is 1. The Hall–Kier alpha value is -3.36. The third kappa shape index (κ3) is 13.9. The fourth-order valence-electron chi connectivity index (χ4n) is 5.07. The molecule has 0 saturated carbocycles. The largest absolute Gasteiger partial charge is 0.481 e. The Morgan fingerprint density at radius 1 is 1.07 bits per heavy atom. The van der Waals surface area contributed by atoms with Crippen LogP contribution in [0, 0.1) is 11.2 Å². The molecule has 2 amide bonds. The number of aliphatic hydroxyl groups is 2. The van der Waals surface area contributed by atoms with Gasteiger partial charge in [0.15, 0.2) is 22.8 Å². The highest BCUT2D eigenvalue weighted by molar-refractivity contribution is 8.13. The molecule has 30 heteroatoms. The molecule has 1 aliphatic heterocycles. The van der Waals surface area contributed by atoms with Crippen LogP contribution in [0.5, 0.6) is 0 Å². The van der Waals surface area contributed by atoms with Gasteiger partial charge in [0.25, 0.3) is 0 Å². The van der Waals surface area contributed by atoms with Crippen LogP contribution in [0.4, 0.5) is 10.2 Å². The Balaban J connectivity index is 1.21. The molecule has 1 aliphatic rings. The molecule has 3 aromatic rings. The molecule has 0 aromatic carbocycles. The van der Waals surface area contributed by atoms with Gasteiger partial charge in [-0.2, -0.15) is 4.31 Å². The minimum atomic E-state index is -5.59. The van der Waals surface area contributed by atoms with Crippen LogP contribution in [0.25, 0.3) is 11.2 Å². The Kier molecular flexibility index (Phi) is 16.2. The number of aliphatic hydroxyl groups excluding tert-OH is 2. The summed E-state index contributed by atoms with van der Waals surface area (Å²) < 4.78 is 75.3. The lowest BCUT2D eigenvalue weighted by molar-refractivity contribution is -0.137. The molecule has 58 heavy (non-hydrogen) atoms. The third-order valence-electron chi connectivity index (χ3n) is 7.87. The number of fused-ring (bicyclic) bond motifs is 1. The van der Waals surface area contributed by atoms with E-state index >= 15 is 0 Å². The minimum Gasteiger partial charge on any atom is -0.386 e. The number of hydrogen-bond donors (Lipinski definition) is 9. The molecule has 0 bridgehead atoms. The number of carbonyl (C=O) groups is 3. The van der Waals surface area contributed by atoms with Crippen molar-refractivity contribution in [2.75, 3.05) is 37.8 Å². The van der Waals surface area contributed by atoms with Crippen LogP contribution in [0.2, 0.25) is 0 Å². The molecule has 3 unspecified atom stereocenters. The van der Waals surface area contributed by atoms with Crippen molar-refractivity contribution in [3.63, 3.8) is 0 Å². The molecule has 0 radical (unpaired) electrons. The second kappa shape index (κ2) is 19.8. The van der Waals surface area contributed by atoms with Gasteiger partial charge in [-0.1, -0.05) is 25.6 Å². The number of nitrogens with two attached hydrogens (primary N) is 1. The number of hydrogen-bond acceptors (Lipinski definition) is 19. The zero-order valence-corrected chi connectivity index (χ0v) is 33.8. The zero-order valence-electron chi connectivity index (χ0n) is 30.3. The molecular weight excluding hydrogens is 864 g/mol. The average molecular weight is 905 g/mol. The molecule has 3 aromatic heterocycles. The first kappa shape index (κ1) is 47.3. The van der Waals surface area contributed by atoms with Crippen LogP contribution in [-0.2, 0) is 57.1 Å². The second-order valence-electron chi connectivity index (χ2n) is 13.0. The molecular formula is C28H40FN8O17P3S. The number of nitrogens with one attached hydrogen (secondary N) is 2. The first-order valence-electron chi connectivity index (χ1n) is 16.6. The summed E-state index contributed by atoms with van der Waals surface area (Å²) in [5.41, 5.74) is 4.61. The van der Waals surface area contributed by atoms with Crippen molar-refractivity contribution < 1.29 is 84.9 Å². The van der Waals surface area contributed by atoms with E-state index in [0.29, 0.717) is 5.56 Å². The van der Waals surface area contributed by atoms with E-state index in [1.165, 1.54) is 26.1 Å². The monoisotopic (exact) mass is 904 g/mol. The number of rotatable bonds is 21.